The van der Waals surface area contributed by atoms with Crippen molar-refractivity contribution in [1.29, 1.82) is 0 Å². The van der Waals surface area contributed by atoms with Gasteiger partial charge in [-0.25, -0.2) is 14.7 Å². The number of nitrogens with zero attached hydrogens (tertiary/aromatic N) is 6. The maximum Gasteiger partial charge on any atom is 0.413 e. The zero-order chi connectivity index (χ0) is 34.3. The van der Waals surface area contributed by atoms with Gasteiger partial charge in [0, 0.05) is 37.0 Å². The second kappa shape index (κ2) is 15.3. The Morgan fingerprint density at radius 1 is 0.980 bits per heavy atom. The molecule has 11 nitrogen and oxygen atoms in total. The lowest BCUT2D eigenvalue weighted by Crippen LogP contribution is -2.36. The van der Waals surface area contributed by atoms with Gasteiger partial charge >= 0.3 is 6.09 Å². The van der Waals surface area contributed by atoms with Crippen LogP contribution >= 0.6 is 0 Å². The molecule has 0 radical (unpaired) electrons. The van der Waals surface area contributed by atoms with E-state index < -0.39 is 12.1 Å². The summed E-state index contributed by atoms with van der Waals surface area (Å²) in [7, 11) is 0. The third-order valence-corrected chi connectivity index (χ3v) is 8.80. The Morgan fingerprint density at radius 2 is 1.73 bits per heavy atom. The average molecular weight is 662 g/mol. The predicted octanol–water partition coefficient (Wildman–Crippen LogP) is 8.03. The first-order chi connectivity index (χ1) is 23.7. The van der Waals surface area contributed by atoms with Crippen LogP contribution in [0.5, 0.6) is 5.75 Å². The number of piperidine rings is 1. The molecule has 1 fully saturated rings. The number of carboxylic acid groups (broad SMARTS) is 1. The maximum atomic E-state index is 13.2. The summed E-state index contributed by atoms with van der Waals surface area (Å²) in [4.78, 5) is 30.5. The van der Waals surface area contributed by atoms with Crippen LogP contribution in [0.2, 0.25) is 0 Å². The maximum absolute atomic E-state index is 13.2. The van der Waals surface area contributed by atoms with Gasteiger partial charge in [0.1, 0.15) is 11.6 Å². The molecule has 0 bridgehead atoms. The molecule has 5 aromatic rings. The van der Waals surface area contributed by atoms with Crippen molar-refractivity contribution in [1.82, 2.24) is 25.0 Å². The summed E-state index contributed by atoms with van der Waals surface area (Å²) in [6.07, 6.45) is 5.28. The van der Waals surface area contributed by atoms with Crippen molar-refractivity contribution >= 4 is 23.5 Å². The molecule has 2 aromatic heterocycles. The number of amides is 1. The van der Waals surface area contributed by atoms with E-state index in [9.17, 15) is 9.90 Å². The SMILES string of the molecule is Cc1cc(C)c(C(c2ccc(-c3noc(C)n3)cc2)N(C(=O)O)c2ccnc(Nc3cccc(OCCCN4CCCCC4)c3)n2)c(C)c1. The van der Waals surface area contributed by atoms with E-state index in [1.165, 1.54) is 37.3 Å². The first-order valence-electron chi connectivity index (χ1n) is 16.8. The molecule has 1 atom stereocenters. The minimum atomic E-state index is -1.15. The lowest BCUT2D eigenvalue weighted by Gasteiger charge is -2.32. The van der Waals surface area contributed by atoms with E-state index >= 15 is 0 Å². The van der Waals surface area contributed by atoms with E-state index in [0.717, 1.165) is 57.8 Å². The van der Waals surface area contributed by atoms with Crippen LogP contribution in [-0.2, 0) is 0 Å². The van der Waals surface area contributed by atoms with Crippen LogP contribution in [0.15, 0.2) is 77.4 Å². The molecule has 254 valence electrons. The van der Waals surface area contributed by atoms with E-state index in [2.05, 4.69) is 37.5 Å². The molecule has 1 aliphatic rings. The van der Waals surface area contributed by atoms with Crippen LogP contribution in [0.3, 0.4) is 0 Å². The van der Waals surface area contributed by atoms with Gasteiger partial charge in [0.25, 0.3) is 0 Å². The zero-order valence-corrected chi connectivity index (χ0v) is 28.5. The van der Waals surface area contributed by atoms with Crippen molar-refractivity contribution in [2.24, 2.45) is 0 Å². The molecular weight excluding hydrogens is 618 g/mol. The molecule has 49 heavy (non-hydrogen) atoms. The lowest BCUT2D eigenvalue weighted by atomic mass is 9.88. The normalized spacial score (nSPS) is 14.0. The second-order valence-electron chi connectivity index (χ2n) is 12.6. The molecule has 3 heterocycles. The van der Waals surface area contributed by atoms with Gasteiger partial charge in [-0.1, -0.05) is 59.6 Å². The highest BCUT2D eigenvalue weighted by Gasteiger charge is 2.32. The number of aromatic nitrogens is 4. The van der Waals surface area contributed by atoms with Crippen LogP contribution in [-0.4, -0.2) is 62.4 Å². The zero-order valence-electron chi connectivity index (χ0n) is 28.5. The molecular formula is C38H43N7O4. The summed E-state index contributed by atoms with van der Waals surface area (Å²) in [5.74, 6) is 2.19. The number of carbonyl (C=O) groups is 1. The van der Waals surface area contributed by atoms with Gasteiger partial charge in [0.15, 0.2) is 0 Å². The molecule has 3 aromatic carbocycles. The quantitative estimate of drug-likeness (QED) is 0.127. The Balaban J connectivity index is 1.26. The standard InChI is InChI=1S/C38H43N7O4/c1-25-22-26(2)34(27(3)23-25)35(29-12-14-30(15-13-29)36-40-28(4)49-43-36)45(38(46)47)33-16-17-39-37(42-33)41-31-10-8-11-32(24-31)48-21-9-20-44-18-6-5-7-19-44/h8,10-17,22-24,35H,5-7,9,18-21H2,1-4H3,(H,46,47)(H,39,41,42). The summed E-state index contributed by atoms with van der Waals surface area (Å²) in [6.45, 7) is 11.8. The number of hydrogen-bond acceptors (Lipinski definition) is 9. The summed E-state index contributed by atoms with van der Waals surface area (Å²) in [5, 5.41) is 18.1. The highest BCUT2D eigenvalue weighted by molar-refractivity contribution is 5.87. The Kier molecular flexibility index (Phi) is 10.5. The Bertz CT molecular complexity index is 1860. The molecule has 1 amide bonds. The van der Waals surface area contributed by atoms with Gasteiger partial charge in [-0.05, 0) is 93.6 Å². The molecule has 0 aliphatic carbocycles. The van der Waals surface area contributed by atoms with Crippen LogP contribution in [0, 0.1) is 27.7 Å². The minimum absolute atomic E-state index is 0.234. The van der Waals surface area contributed by atoms with Crippen molar-refractivity contribution < 1.29 is 19.2 Å². The number of rotatable bonds is 12. The van der Waals surface area contributed by atoms with Crippen molar-refractivity contribution in [2.45, 2.75) is 59.4 Å². The fourth-order valence-electron chi connectivity index (χ4n) is 6.64. The van der Waals surface area contributed by atoms with Crippen LogP contribution < -0.4 is 15.0 Å². The second-order valence-corrected chi connectivity index (χ2v) is 12.6. The van der Waals surface area contributed by atoms with Gasteiger partial charge in [-0.2, -0.15) is 9.97 Å². The largest absolute Gasteiger partial charge is 0.493 e. The topological polar surface area (TPSA) is 130 Å². The number of benzene rings is 3. The molecule has 0 spiro atoms. The first kappa shape index (κ1) is 33.6. The van der Waals surface area contributed by atoms with Gasteiger partial charge in [0.2, 0.25) is 17.7 Å². The first-order valence-corrected chi connectivity index (χ1v) is 16.8. The van der Waals surface area contributed by atoms with Crippen LogP contribution in [0.1, 0.15) is 65.4 Å². The molecule has 6 rings (SSSR count). The van der Waals surface area contributed by atoms with E-state index in [-0.39, 0.29) is 11.8 Å². The summed E-state index contributed by atoms with van der Waals surface area (Å²) in [5.41, 5.74) is 6.21. The van der Waals surface area contributed by atoms with Gasteiger partial charge < -0.3 is 24.6 Å². The summed E-state index contributed by atoms with van der Waals surface area (Å²) in [6, 6.07) is 20.3. The van der Waals surface area contributed by atoms with Crippen LogP contribution in [0.25, 0.3) is 11.4 Å². The van der Waals surface area contributed by atoms with Crippen LogP contribution in [0.4, 0.5) is 22.2 Å². The third-order valence-electron chi connectivity index (χ3n) is 8.80. The predicted molar refractivity (Wildman–Crippen MR) is 190 cm³/mol. The van der Waals surface area contributed by atoms with E-state index in [4.69, 9.17) is 14.2 Å². The number of nitrogens with one attached hydrogen (secondary N) is 1. The molecule has 1 saturated heterocycles. The Hall–Kier alpha value is -5.29. The molecule has 0 saturated carbocycles. The number of likely N-dealkylation sites (tertiary alicyclic amines) is 1. The molecule has 2 N–H and O–H groups in total. The van der Waals surface area contributed by atoms with Crippen molar-refractivity contribution in [2.75, 3.05) is 36.5 Å². The van der Waals surface area contributed by atoms with Crippen molar-refractivity contribution in [3.05, 3.63) is 107 Å². The number of ether oxygens (including phenoxy) is 1. The number of anilines is 3. The Labute approximate surface area is 287 Å². The van der Waals surface area contributed by atoms with E-state index in [1.807, 2.05) is 69.3 Å². The number of hydrogen-bond donors (Lipinski definition) is 2. The third kappa shape index (κ3) is 8.24. The average Bonchev–Trinajstić information content (AvgIpc) is 3.53. The van der Waals surface area contributed by atoms with E-state index in [1.54, 1.807) is 19.2 Å². The van der Waals surface area contributed by atoms with Crippen molar-refractivity contribution in [3.8, 4) is 17.1 Å². The fraction of sp³-hybridized carbons (Fsp3) is 0.342. The fourth-order valence-corrected chi connectivity index (χ4v) is 6.64. The molecule has 11 heteroatoms. The van der Waals surface area contributed by atoms with Crippen molar-refractivity contribution in [3.63, 3.8) is 0 Å². The van der Waals surface area contributed by atoms with Gasteiger partial charge in [-0.15, -0.1) is 0 Å². The monoisotopic (exact) mass is 661 g/mol. The lowest BCUT2D eigenvalue weighted by molar-refractivity contribution is 0.200. The Morgan fingerprint density at radius 3 is 2.43 bits per heavy atom. The minimum Gasteiger partial charge on any atom is -0.493 e. The van der Waals surface area contributed by atoms with Gasteiger partial charge in [-0.3, -0.25) is 0 Å². The number of aryl methyl sites for hydroxylation is 4. The highest BCUT2D eigenvalue weighted by atomic mass is 16.5. The molecule has 1 aliphatic heterocycles. The van der Waals surface area contributed by atoms with Gasteiger partial charge in [0.05, 0.1) is 12.6 Å². The van der Waals surface area contributed by atoms with E-state index in [0.29, 0.717) is 18.3 Å². The molecule has 1 unspecified atom stereocenters. The highest BCUT2D eigenvalue weighted by Crippen LogP contribution is 2.37. The summed E-state index contributed by atoms with van der Waals surface area (Å²) < 4.78 is 11.2. The smallest absolute Gasteiger partial charge is 0.413 e. The summed E-state index contributed by atoms with van der Waals surface area (Å²) >= 11 is 0.